The minimum Gasteiger partial charge on any atom is -0.395 e. The molecule has 3 nitrogen and oxygen atoms in total. The van der Waals surface area contributed by atoms with E-state index in [0.29, 0.717) is 0 Å². The summed E-state index contributed by atoms with van der Waals surface area (Å²) in [5.41, 5.74) is -0.778. The zero-order valence-corrected chi connectivity index (χ0v) is 11.4. The van der Waals surface area contributed by atoms with E-state index in [-0.39, 0.29) is 26.3 Å². The topological polar surface area (TPSA) is 43.7 Å². The van der Waals surface area contributed by atoms with Crippen molar-refractivity contribution >= 4 is 15.9 Å². The molecule has 0 saturated carbocycles. The van der Waals surface area contributed by atoms with Crippen LogP contribution in [0.25, 0.3) is 0 Å². The van der Waals surface area contributed by atoms with Crippen molar-refractivity contribution < 1.29 is 27.8 Å². The van der Waals surface area contributed by atoms with E-state index in [1.807, 2.05) is 0 Å². The molecule has 0 amide bonds. The Labute approximate surface area is 115 Å². The summed E-state index contributed by atoms with van der Waals surface area (Å²) in [5.74, 6) is -6.01. The lowest BCUT2D eigenvalue weighted by molar-refractivity contribution is 0.152. The third-order valence-electron chi connectivity index (χ3n) is 2.51. The Morgan fingerprint density at radius 3 is 1.63 bits per heavy atom. The second kappa shape index (κ2) is 7.18. The van der Waals surface area contributed by atoms with Gasteiger partial charge in [0.05, 0.1) is 17.7 Å². The Morgan fingerprint density at radius 1 is 0.842 bits per heavy atom. The molecule has 0 saturated heterocycles. The third kappa shape index (κ3) is 3.65. The second-order valence-corrected chi connectivity index (χ2v) is 4.56. The molecule has 0 fully saturated rings. The molecule has 1 aromatic rings. The van der Waals surface area contributed by atoms with Gasteiger partial charge in [-0.1, -0.05) is 0 Å². The molecule has 0 aliphatic carbocycles. The molecule has 2 N–H and O–H groups in total. The van der Waals surface area contributed by atoms with Gasteiger partial charge in [-0.2, -0.15) is 0 Å². The van der Waals surface area contributed by atoms with E-state index in [9.17, 15) is 17.6 Å². The SMILES string of the molecule is OCCN(CCO)Cc1c(F)c(F)c(Br)c(F)c1F. The fourth-order valence-corrected chi connectivity index (χ4v) is 1.91. The average Bonchev–Trinajstić information content (AvgIpc) is 2.39. The van der Waals surface area contributed by atoms with E-state index in [1.54, 1.807) is 0 Å². The van der Waals surface area contributed by atoms with Crippen LogP contribution in [0.2, 0.25) is 0 Å². The number of halogens is 5. The lowest BCUT2D eigenvalue weighted by atomic mass is 10.1. The van der Waals surface area contributed by atoms with Crippen molar-refractivity contribution in [1.82, 2.24) is 4.90 Å². The lowest BCUT2D eigenvalue weighted by Crippen LogP contribution is -2.30. The Bertz CT molecular complexity index is 424. The Kier molecular flexibility index (Phi) is 6.18. The Balaban J connectivity index is 3.12. The van der Waals surface area contributed by atoms with Crippen LogP contribution in [0.4, 0.5) is 17.6 Å². The number of hydrogen-bond donors (Lipinski definition) is 2. The van der Waals surface area contributed by atoms with E-state index in [1.165, 1.54) is 4.90 Å². The summed E-state index contributed by atoms with van der Waals surface area (Å²) >= 11 is 2.42. The summed E-state index contributed by atoms with van der Waals surface area (Å²) in [4.78, 5) is 1.27. The van der Waals surface area contributed by atoms with Gasteiger partial charge in [-0.3, -0.25) is 4.90 Å². The van der Waals surface area contributed by atoms with Crippen molar-refractivity contribution in [2.75, 3.05) is 26.3 Å². The second-order valence-electron chi connectivity index (χ2n) is 3.77. The highest BCUT2D eigenvalue weighted by atomic mass is 79.9. The number of hydrogen-bond acceptors (Lipinski definition) is 3. The van der Waals surface area contributed by atoms with Gasteiger partial charge in [0, 0.05) is 25.2 Å². The van der Waals surface area contributed by atoms with Crippen LogP contribution in [-0.2, 0) is 6.54 Å². The summed E-state index contributed by atoms with van der Waals surface area (Å²) in [6.07, 6.45) is 0. The molecule has 1 rings (SSSR count). The molecule has 0 bridgehead atoms. The maximum absolute atomic E-state index is 13.6. The molecular weight excluding hydrogens is 334 g/mol. The molecule has 8 heteroatoms. The van der Waals surface area contributed by atoms with Crippen LogP contribution in [0, 0.1) is 23.3 Å². The molecule has 108 valence electrons. The summed E-state index contributed by atoms with van der Waals surface area (Å²) in [5, 5.41) is 17.5. The fraction of sp³-hybridized carbons (Fsp3) is 0.455. The largest absolute Gasteiger partial charge is 0.395 e. The fourth-order valence-electron chi connectivity index (χ4n) is 1.57. The normalized spacial score (nSPS) is 11.4. The predicted molar refractivity (Wildman–Crippen MR) is 63.4 cm³/mol. The molecule has 1 aromatic carbocycles. The lowest BCUT2D eigenvalue weighted by Gasteiger charge is -2.21. The van der Waals surface area contributed by atoms with Crippen molar-refractivity contribution in [2.24, 2.45) is 0 Å². The van der Waals surface area contributed by atoms with E-state index in [2.05, 4.69) is 15.9 Å². The van der Waals surface area contributed by atoms with Gasteiger partial charge in [-0.25, -0.2) is 17.6 Å². The highest BCUT2D eigenvalue weighted by Gasteiger charge is 2.25. The first-order chi connectivity index (χ1) is 8.93. The standard InChI is InChI=1S/C11H12BrF4NO2/c12-7-10(15)8(13)6(9(14)11(7)16)5-17(1-3-18)2-4-19/h18-19H,1-5H2. The first kappa shape index (κ1) is 16.4. The first-order valence-corrected chi connectivity index (χ1v) is 6.17. The smallest absolute Gasteiger partial charge is 0.176 e. The van der Waals surface area contributed by atoms with Gasteiger partial charge < -0.3 is 10.2 Å². The minimum atomic E-state index is -1.51. The molecule has 0 unspecified atom stereocenters. The quantitative estimate of drug-likeness (QED) is 0.469. The molecule has 0 spiro atoms. The summed E-state index contributed by atoms with van der Waals surface area (Å²) in [6, 6.07) is 0. The molecular formula is C11H12BrF4NO2. The predicted octanol–water partition coefficient (Wildman–Crippen LogP) is 1.79. The number of aliphatic hydroxyl groups is 2. The molecule has 0 heterocycles. The molecule has 0 aliphatic rings. The molecule has 0 aromatic heterocycles. The van der Waals surface area contributed by atoms with Crippen molar-refractivity contribution in [2.45, 2.75) is 6.54 Å². The molecule has 0 aliphatic heterocycles. The van der Waals surface area contributed by atoms with Gasteiger partial charge in [0.25, 0.3) is 0 Å². The van der Waals surface area contributed by atoms with E-state index in [0.717, 1.165) is 0 Å². The van der Waals surface area contributed by atoms with Crippen molar-refractivity contribution in [3.05, 3.63) is 33.3 Å². The Hall–Kier alpha value is -0.700. The highest BCUT2D eigenvalue weighted by molar-refractivity contribution is 9.10. The van der Waals surface area contributed by atoms with Crippen molar-refractivity contribution in [3.8, 4) is 0 Å². The van der Waals surface area contributed by atoms with Crippen LogP contribution in [0.15, 0.2) is 4.47 Å². The van der Waals surface area contributed by atoms with E-state index in [4.69, 9.17) is 10.2 Å². The number of benzene rings is 1. The monoisotopic (exact) mass is 345 g/mol. The van der Waals surface area contributed by atoms with Gasteiger partial charge in [0.1, 0.15) is 0 Å². The number of rotatable bonds is 6. The zero-order valence-electron chi connectivity index (χ0n) is 9.77. The van der Waals surface area contributed by atoms with Gasteiger partial charge in [0.2, 0.25) is 0 Å². The number of aliphatic hydroxyl groups excluding tert-OH is 2. The van der Waals surface area contributed by atoms with Gasteiger partial charge in [-0.15, -0.1) is 0 Å². The van der Waals surface area contributed by atoms with Gasteiger partial charge >= 0.3 is 0 Å². The Morgan fingerprint density at radius 2 is 1.26 bits per heavy atom. The molecule has 19 heavy (non-hydrogen) atoms. The zero-order chi connectivity index (χ0) is 14.6. The van der Waals surface area contributed by atoms with Gasteiger partial charge in [0.15, 0.2) is 23.3 Å². The summed E-state index contributed by atoms with van der Waals surface area (Å²) < 4.78 is 52.9. The summed E-state index contributed by atoms with van der Waals surface area (Å²) in [6.45, 7) is -1.06. The average molecular weight is 346 g/mol. The first-order valence-electron chi connectivity index (χ1n) is 5.38. The van der Waals surface area contributed by atoms with Crippen molar-refractivity contribution in [1.29, 1.82) is 0 Å². The van der Waals surface area contributed by atoms with E-state index >= 15 is 0 Å². The maximum Gasteiger partial charge on any atom is 0.176 e. The van der Waals surface area contributed by atoms with Crippen LogP contribution in [0.3, 0.4) is 0 Å². The van der Waals surface area contributed by atoms with E-state index < -0.39 is 39.8 Å². The third-order valence-corrected chi connectivity index (χ3v) is 3.21. The molecule has 0 atom stereocenters. The van der Waals surface area contributed by atoms with Crippen molar-refractivity contribution in [3.63, 3.8) is 0 Å². The van der Waals surface area contributed by atoms with Crippen LogP contribution in [0.5, 0.6) is 0 Å². The minimum absolute atomic E-state index is 0.0126. The maximum atomic E-state index is 13.6. The van der Waals surface area contributed by atoms with Crippen LogP contribution in [0.1, 0.15) is 5.56 Å². The summed E-state index contributed by atoms with van der Waals surface area (Å²) in [7, 11) is 0. The highest BCUT2D eigenvalue weighted by Crippen LogP contribution is 2.28. The molecule has 0 radical (unpaired) electrons. The van der Waals surface area contributed by atoms with Crippen LogP contribution >= 0.6 is 15.9 Å². The number of nitrogens with zero attached hydrogens (tertiary/aromatic N) is 1. The van der Waals surface area contributed by atoms with Crippen LogP contribution < -0.4 is 0 Å². The van der Waals surface area contributed by atoms with Crippen LogP contribution in [-0.4, -0.2) is 41.4 Å². The van der Waals surface area contributed by atoms with Gasteiger partial charge in [-0.05, 0) is 15.9 Å².